The fourth-order valence-corrected chi connectivity index (χ4v) is 2.03. The van der Waals surface area contributed by atoms with Gasteiger partial charge in [-0.1, -0.05) is 22.0 Å². The Bertz CT molecular complexity index is 557. The third kappa shape index (κ3) is 1.61. The molecule has 1 aromatic heterocycles. The molecule has 4 heteroatoms. The largest absolute Gasteiger partial charge is 0.347 e. The minimum Gasteiger partial charge on any atom is -0.347 e. The molecule has 0 atom stereocenters. The number of hydrogen-bond acceptors (Lipinski definition) is 2. The Balaban J connectivity index is 2.81. The van der Waals surface area contributed by atoms with Crippen molar-refractivity contribution < 1.29 is 9.59 Å². The Kier molecular flexibility index (Phi) is 2.44. The van der Waals surface area contributed by atoms with Gasteiger partial charge in [0.15, 0.2) is 6.29 Å². The van der Waals surface area contributed by atoms with Crippen molar-refractivity contribution in [3.8, 4) is 0 Å². The topological polar surface area (TPSA) is 39.1 Å². The predicted octanol–water partition coefficient (Wildman–Crippen LogP) is 2.32. The van der Waals surface area contributed by atoms with E-state index in [-0.39, 0.29) is 0 Å². The van der Waals surface area contributed by atoms with Gasteiger partial charge >= 0.3 is 0 Å². The van der Waals surface area contributed by atoms with Crippen molar-refractivity contribution in [2.75, 3.05) is 0 Å². The van der Waals surface area contributed by atoms with Gasteiger partial charge in [0.2, 0.25) is 5.78 Å². The van der Waals surface area contributed by atoms with E-state index in [4.69, 9.17) is 0 Å². The molecule has 1 heterocycles. The van der Waals surface area contributed by atoms with Crippen LogP contribution in [0.3, 0.4) is 0 Å². The first-order valence-electron chi connectivity index (χ1n) is 4.37. The molecular formula is C11H8BrNO2. The monoisotopic (exact) mass is 265 g/mol. The first kappa shape index (κ1) is 10.1. The average molecular weight is 266 g/mol. The number of halogens is 1. The molecule has 0 amide bonds. The number of benzene rings is 1. The summed E-state index contributed by atoms with van der Waals surface area (Å²) in [7, 11) is 1.75. The zero-order valence-electron chi connectivity index (χ0n) is 8.03. The zero-order valence-corrected chi connectivity index (χ0v) is 9.61. The number of ketones is 1. The van der Waals surface area contributed by atoms with Crippen molar-refractivity contribution in [1.29, 1.82) is 0 Å². The Morgan fingerprint density at radius 1 is 1.47 bits per heavy atom. The highest BCUT2D eigenvalue weighted by Crippen LogP contribution is 2.24. The number of carbonyl (C=O) groups excluding carboxylic acids is 2. The van der Waals surface area contributed by atoms with Gasteiger partial charge in [-0.05, 0) is 12.1 Å². The highest BCUT2D eigenvalue weighted by atomic mass is 79.9. The highest BCUT2D eigenvalue weighted by molar-refractivity contribution is 9.10. The van der Waals surface area contributed by atoms with Crippen LogP contribution in [0.15, 0.2) is 28.9 Å². The van der Waals surface area contributed by atoms with Crippen LogP contribution in [0.4, 0.5) is 0 Å². The highest BCUT2D eigenvalue weighted by Gasteiger charge is 2.14. The fourth-order valence-electron chi connectivity index (χ4n) is 1.67. The van der Waals surface area contributed by atoms with E-state index in [2.05, 4.69) is 15.9 Å². The standard InChI is InChI=1S/C11H8BrNO2/c1-13-5-7-2-3-8(12)4-9(7)11(13)10(15)6-14/h2-6H,1H3. The molecule has 0 radical (unpaired) electrons. The molecule has 2 rings (SSSR count). The fraction of sp³-hybridized carbons (Fsp3) is 0.0909. The minimum atomic E-state index is -0.495. The zero-order chi connectivity index (χ0) is 11.0. The van der Waals surface area contributed by atoms with E-state index in [1.165, 1.54) is 0 Å². The van der Waals surface area contributed by atoms with Gasteiger partial charge in [0.05, 0.1) is 0 Å². The lowest BCUT2D eigenvalue weighted by Crippen LogP contribution is -2.06. The molecule has 15 heavy (non-hydrogen) atoms. The van der Waals surface area contributed by atoms with Gasteiger partial charge in [-0.2, -0.15) is 0 Å². The number of aldehydes is 1. The molecule has 0 unspecified atom stereocenters. The molecule has 0 aliphatic rings. The summed E-state index contributed by atoms with van der Waals surface area (Å²) >= 11 is 3.34. The number of Topliss-reactive ketones (excluding diaryl/α,β-unsaturated/α-hetero) is 1. The minimum absolute atomic E-state index is 0.343. The lowest BCUT2D eigenvalue weighted by molar-refractivity contribution is -0.104. The summed E-state index contributed by atoms with van der Waals surface area (Å²) in [5.41, 5.74) is 0.432. The molecule has 3 nitrogen and oxygen atoms in total. The molecule has 0 fully saturated rings. The van der Waals surface area contributed by atoms with E-state index in [9.17, 15) is 9.59 Å². The van der Waals surface area contributed by atoms with Crippen LogP contribution in [-0.4, -0.2) is 16.6 Å². The average Bonchev–Trinajstić information content (AvgIpc) is 2.52. The number of aryl methyl sites for hydroxylation is 1. The maximum atomic E-state index is 11.4. The predicted molar refractivity (Wildman–Crippen MR) is 61.0 cm³/mol. The lowest BCUT2D eigenvalue weighted by Gasteiger charge is -1.97. The molecule has 2 aromatic rings. The van der Waals surface area contributed by atoms with Crippen molar-refractivity contribution in [2.24, 2.45) is 7.05 Å². The first-order valence-corrected chi connectivity index (χ1v) is 5.17. The molecule has 0 N–H and O–H groups in total. The number of aromatic nitrogens is 1. The Labute approximate surface area is 94.8 Å². The van der Waals surface area contributed by atoms with E-state index in [0.717, 1.165) is 15.2 Å². The van der Waals surface area contributed by atoms with Crippen LogP contribution in [0, 0.1) is 0 Å². The summed E-state index contributed by atoms with van der Waals surface area (Å²) < 4.78 is 2.56. The van der Waals surface area contributed by atoms with E-state index in [1.54, 1.807) is 11.6 Å². The van der Waals surface area contributed by atoms with Crippen LogP contribution in [0.25, 0.3) is 10.8 Å². The second kappa shape index (κ2) is 3.62. The maximum absolute atomic E-state index is 11.4. The van der Waals surface area contributed by atoms with Gasteiger partial charge < -0.3 is 4.57 Å². The molecule has 0 aliphatic carbocycles. The van der Waals surface area contributed by atoms with Crippen molar-refractivity contribution in [3.63, 3.8) is 0 Å². The second-order valence-electron chi connectivity index (χ2n) is 3.30. The number of fused-ring (bicyclic) bond motifs is 1. The summed E-state index contributed by atoms with van der Waals surface area (Å²) in [6.07, 6.45) is 2.17. The van der Waals surface area contributed by atoms with Crippen LogP contribution in [0.5, 0.6) is 0 Å². The molecule has 76 valence electrons. The summed E-state index contributed by atoms with van der Waals surface area (Å²) in [6.45, 7) is 0. The number of hydrogen-bond donors (Lipinski definition) is 0. The third-order valence-corrected chi connectivity index (χ3v) is 2.79. The van der Waals surface area contributed by atoms with Gasteiger partial charge in [0, 0.05) is 28.5 Å². The molecule has 0 saturated heterocycles. The van der Waals surface area contributed by atoms with Crippen molar-refractivity contribution in [1.82, 2.24) is 4.57 Å². The molecule has 0 aliphatic heterocycles. The van der Waals surface area contributed by atoms with Crippen molar-refractivity contribution in [3.05, 3.63) is 34.6 Å². The lowest BCUT2D eigenvalue weighted by atomic mass is 10.1. The third-order valence-electron chi connectivity index (χ3n) is 2.30. The van der Waals surface area contributed by atoms with Gasteiger partial charge in [-0.15, -0.1) is 0 Å². The first-order chi connectivity index (χ1) is 7.13. The second-order valence-corrected chi connectivity index (χ2v) is 4.22. The summed E-state index contributed by atoms with van der Waals surface area (Å²) in [5.74, 6) is -0.495. The maximum Gasteiger partial charge on any atom is 0.242 e. The SMILES string of the molecule is Cn1cc2ccc(Br)cc2c1C(=O)C=O. The normalized spacial score (nSPS) is 10.5. The summed E-state index contributed by atoms with van der Waals surface area (Å²) in [6, 6.07) is 5.64. The van der Waals surface area contributed by atoms with Crippen LogP contribution >= 0.6 is 15.9 Å². The van der Waals surface area contributed by atoms with Crippen LogP contribution < -0.4 is 0 Å². The summed E-state index contributed by atoms with van der Waals surface area (Å²) in [4.78, 5) is 21.9. The van der Waals surface area contributed by atoms with E-state index < -0.39 is 5.78 Å². The number of nitrogens with zero attached hydrogens (tertiary/aromatic N) is 1. The van der Waals surface area contributed by atoms with Crippen LogP contribution in [0.1, 0.15) is 10.5 Å². The number of carbonyl (C=O) groups is 2. The van der Waals surface area contributed by atoms with E-state index >= 15 is 0 Å². The summed E-state index contributed by atoms with van der Waals surface area (Å²) in [5, 5.41) is 1.75. The smallest absolute Gasteiger partial charge is 0.242 e. The van der Waals surface area contributed by atoms with Gasteiger partial charge in [0.25, 0.3) is 0 Å². The van der Waals surface area contributed by atoms with Gasteiger partial charge in [-0.25, -0.2) is 0 Å². The molecule has 1 aromatic carbocycles. The quantitative estimate of drug-likeness (QED) is 0.475. The van der Waals surface area contributed by atoms with Gasteiger partial charge in [-0.3, -0.25) is 9.59 Å². The number of rotatable bonds is 2. The van der Waals surface area contributed by atoms with Gasteiger partial charge in [0.1, 0.15) is 5.69 Å². The van der Waals surface area contributed by atoms with Crippen molar-refractivity contribution >= 4 is 38.8 Å². The molecule has 0 spiro atoms. The van der Waals surface area contributed by atoms with Crippen LogP contribution in [-0.2, 0) is 11.8 Å². The van der Waals surface area contributed by atoms with E-state index in [1.807, 2.05) is 24.4 Å². The van der Waals surface area contributed by atoms with Crippen LogP contribution in [0.2, 0.25) is 0 Å². The molecular weight excluding hydrogens is 258 g/mol. The van der Waals surface area contributed by atoms with E-state index in [0.29, 0.717) is 12.0 Å². The Morgan fingerprint density at radius 3 is 2.87 bits per heavy atom. The Hall–Kier alpha value is -1.42. The Morgan fingerprint density at radius 2 is 2.20 bits per heavy atom. The molecule has 0 bridgehead atoms. The van der Waals surface area contributed by atoms with Crippen molar-refractivity contribution in [2.45, 2.75) is 0 Å². The molecule has 0 saturated carbocycles.